The molecular weight excluding hydrogens is 427 g/mol. The fourth-order valence-corrected chi connectivity index (χ4v) is 3.10. The van der Waals surface area contributed by atoms with Crippen molar-refractivity contribution in [2.75, 3.05) is 25.5 Å². The Balaban J connectivity index is 0.00000312. The molecule has 0 aliphatic carbocycles. The van der Waals surface area contributed by atoms with Crippen LogP contribution in [0.5, 0.6) is 0 Å². The van der Waals surface area contributed by atoms with Crippen molar-refractivity contribution in [1.82, 2.24) is 10.2 Å². The van der Waals surface area contributed by atoms with Crippen LogP contribution in [0.4, 0.5) is 5.69 Å². The molecule has 1 heterocycles. The SMILES string of the molecule is CCCC(=O)Nc1cccc(CNC(=NC)N2CCCC(C)C2)c1.I. The summed E-state index contributed by atoms with van der Waals surface area (Å²) in [4.78, 5) is 18.5. The smallest absolute Gasteiger partial charge is 0.224 e. The fourth-order valence-electron chi connectivity index (χ4n) is 3.10. The molecule has 1 aromatic rings. The summed E-state index contributed by atoms with van der Waals surface area (Å²) in [5, 5.41) is 6.39. The van der Waals surface area contributed by atoms with E-state index in [1.165, 1.54) is 12.8 Å². The van der Waals surface area contributed by atoms with Crippen molar-refractivity contribution in [3.8, 4) is 0 Å². The van der Waals surface area contributed by atoms with Crippen molar-refractivity contribution in [3.05, 3.63) is 29.8 Å². The highest BCUT2D eigenvalue weighted by Gasteiger charge is 2.18. The van der Waals surface area contributed by atoms with Crippen LogP contribution in [-0.2, 0) is 11.3 Å². The van der Waals surface area contributed by atoms with E-state index in [0.717, 1.165) is 42.6 Å². The van der Waals surface area contributed by atoms with Crippen molar-refractivity contribution in [2.45, 2.75) is 46.1 Å². The third-order valence-corrected chi connectivity index (χ3v) is 4.31. The van der Waals surface area contributed by atoms with E-state index >= 15 is 0 Å². The highest BCUT2D eigenvalue weighted by molar-refractivity contribution is 14.0. The summed E-state index contributed by atoms with van der Waals surface area (Å²) < 4.78 is 0. The van der Waals surface area contributed by atoms with Crippen molar-refractivity contribution >= 4 is 41.5 Å². The van der Waals surface area contributed by atoms with Crippen LogP contribution in [-0.4, -0.2) is 36.9 Å². The number of nitrogens with zero attached hydrogens (tertiary/aromatic N) is 2. The number of amides is 1. The van der Waals surface area contributed by atoms with Gasteiger partial charge in [0.05, 0.1) is 0 Å². The molecule has 1 saturated heterocycles. The Bertz CT molecular complexity index is 576. The normalized spacial score (nSPS) is 17.6. The Hall–Kier alpha value is -1.31. The molecule has 1 amide bonds. The number of guanidine groups is 1. The summed E-state index contributed by atoms with van der Waals surface area (Å²) in [6.45, 7) is 7.13. The van der Waals surface area contributed by atoms with Gasteiger partial charge in [0.25, 0.3) is 0 Å². The number of nitrogens with one attached hydrogen (secondary N) is 2. The van der Waals surface area contributed by atoms with Crippen LogP contribution < -0.4 is 10.6 Å². The number of hydrogen-bond acceptors (Lipinski definition) is 2. The molecule has 1 atom stereocenters. The summed E-state index contributed by atoms with van der Waals surface area (Å²) in [6, 6.07) is 7.99. The minimum absolute atomic E-state index is 0. The average Bonchev–Trinajstić information content (AvgIpc) is 2.56. The number of carbonyl (C=O) groups is 1. The lowest BCUT2D eigenvalue weighted by Crippen LogP contribution is -2.45. The van der Waals surface area contributed by atoms with Gasteiger partial charge in [-0.3, -0.25) is 9.79 Å². The maximum absolute atomic E-state index is 11.7. The van der Waals surface area contributed by atoms with Crippen molar-refractivity contribution in [2.24, 2.45) is 10.9 Å². The number of anilines is 1. The Morgan fingerprint density at radius 3 is 2.88 bits per heavy atom. The summed E-state index contributed by atoms with van der Waals surface area (Å²) in [6.07, 6.45) is 3.94. The zero-order valence-corrected chi connectivity index (χ0v) is 17.9. The summed E-state index contributed by atoms with van der Waals surface area (Å²) in [7, 11) is 1.84. The Morgan fingerprint density at radius 1 is 1.40 bits per heavy atom. The third-order valence-electron chi connectivity index (χ3n) is 4.31. The van der Waals surface area contributed by atoms with E-state index in [9.17, 15) is 4.79 Å². The van der Waals surface area contributed by atoms with Gasteiger partial charge >= 0.3 is 0 Å². The number of hydrogen-bond donors (Lipinski definition) is 2. The minimum Gasteiger partial charge on any atom is -0.352 e. The minimum atomic E-state index is 0. The zero-order valence-electron chi connectivity index (χ0n) is 15.5. The van der Waals surface area contributed by atoms with Crippen molar-refractivity contribution < 1.29 is 4.79 Å². The fraction of sp³-hybridized carbons (Fsp3) is 0.579. The molecule has 25 heavy (non-hydrogen) atoms. The standard InChI is InChI=1S/C19H30N4O.HI/c1-4-7-18(24)22-17-10-5-9-16(12-17)13-21-19(20-3)23-11-6-8-15(2)14-23;/h5,9-10,12,15H,4,6-8,11,13-14H2,1-3H3,(H,20,21)(H,22,24);1H. The highest BCUT2D eigenvalue weighted by atomic mass is 127. The highest BCUT2D eigenvalue weighted by Crippen LogP contribution is 2.16. The molecule has 1 aromatic carbocycles. The number of piperidine rings is 1. The second kappa shape index (κ2) is 11.3. The van der Waals surface area contributed by atoms with Crippen molar-refractivity contribution in [1.29, 1.82) is 0 Å². The first-order valence-corrected chi connectivity index (χ1v) is 8.96. The van der Waals surface area contributed by atoms with Gasteiger partial charge in [-0.05, 0) is 42.9 Å². The van der Waals surface area contributed by atoms with Crippen LogP contribution in [0.15, 0.2) is 29.3 Å². The van der Waals surface area contributed by atoms with Gasteiger partial charge in [0.15, 0.2) is 5.96 Å². The largest absolute Gasteiger partial charge is 0.352 e. The second-order valence-electron chi connectivity index (χ2n) is 6.59. The van der Waals surface area contributed by atoms with E-state index in [1.807, 2.05) is 32.2 Å². The topological polar surface area (TPSA) is 56.7 Å². The molecular formula is C19H31IN4O. The van der Waals surface area contributed by atoms with Crippen LogP contribution in [0.3, 0.4) is 0 Å². The molecule has 1 aliphatic heterocycles. The van der Waals surface area contributed by atoms with Crippen LogP contribution in [0, 0.1) is 5.92 Å². The first-order chi connectivity index (χ1) is 11.6. The van der Waals surface area contributed by atoms with Gasteiger partial charge in [0, 0.05) is 38.8 Å². The lowest BCUT2D eigenvalue weighted by molar-refractivity contribution is -0.116. The van der Waals surface area contributed by atoms with Crippen LogP contribution >= 0.6 is 24.0 Å². The molecule has 1 aliphatic rings. The quantitative estimate of drug-likeness (QED) is 0.401. The summed E-state index contributed by atoms with van der Waals surface area (Å²) in [5.74, 6) is 1.75. The molecule has 0 radical (unpaired) electrons. The zero-order chi connectivity index (χ0) is 17.4. The van der Waals surface area contributed by atoms with Gasteiger partial charge in [0.2, 0.25) is 5.91 Å². The average molecular weight is 458 g/mol. The molecule has 0 aromatic heterocycles. The molecule has 0 bridgehead atoms. The molecule has 0 saturated carbocycles. The molecule has 1 fully saturated rings. The predicted molar refractivity (Wildman–Crippen MR) is 116 cm³/mol. The van der Waals surface area contributed by atoms with E-state index in [1.54, 1.807) is 0 Å². The third kappa shape index (κ3) is 7.22. The van der Waals surface area contributed by atoms with E-state index in [-0.39, 0.29) is 29.9 Å². The summed E-state index contributed by atoms with van der Waals surface area (Å²) in [5.41, 5.74) is 1.99. The van der Waals surface area contributed by atoms with Gasteiger partial charge in [-0.15, -0.1) is 24.0 Å². The van der Waals surface area contributed by atoms with Gasteiger partial charge in [-0.2, -0.15) is 0 Å². The molecule has 6 heteroatoms. The number of carbonyl (C=O) groups excluding carboxylic acids is 1. The number of halogens is 1. The van der Waals surface area contributed by atoms with Crippen molar-refractivity contribution in [3.63, 3.8) is 0 Å². The van der Waals surface area contributed by atoms with E-state index in [4.69, 9.17) is 0 Å². The Morgan fingerprint density at radius 2 is 2.20 bits per heavy atom. The molecule has 1 unspecified atom stereocenters. The van der Waals surface area contributed by atoms with Gasteiger partial charge in [-0.25, -0.2) is 0 Å². The van der Waals surface area contributed by atoms with E-state index < -0.39 is 0 Å². The maximum Gasteiger partial charge on any atom is 0.224 e. The van der Waals surface area contributed by atoms with Gasteiger partial charge in [0.1, 0.15) is 0 Å². The Labute approximate surface area is 168 Å². The molecule has 2 N–H and O–H groups in total. The first-order valence-electron chi connectivity index (χ1n) is 8.96. The van der Waals surface area contributed by atoms with Crippen LogP contribution in [0.25, 0.3) is 0 Å². The maximum atomic E-state index is 11.7. The lowest BCUT2D eigenvalue weighted by atomic mass is 10.0. The number of rotatable bonds is 5. The first kappa shape index (κ1) is 21.7. The number of likely N-dealkylation sites (tertiary alicyclic amines) is 1. The second-order valence-corrected chi connectivity index (χ2v) is 6.59. The van der Waals surface area contributed by atoms with Gasteiger partial charge in [-0.1, -0.05) is 26.0 Å². The van der Waals surface area contributed by atoms with E-state index in [0.29, 0.717) is 13.0 Å². The predicted octanol–water partition coefficient (Wildman–Crippen LogP) is 3.85. The molecule has 140 valence electrons. The van der Waals surface area contributed by atoms with Crippen LogP contribution in [0.1, 0.15) is 45.1 Å². The molecule has 0 spiro atoms. The molecule has 2 rings (SSSR count). The summed E-state index contributed by atoms with van der Waals surface area (Å²) >= 11 is 0. The van der Waals surface area contributed by atoms with E-state index in [2.05, 4.69) is 33.5 Å². The molecule has 5 nitrogen and oxygen atoms in total. The lowest BCUT2D eigenvalue weighted by Gasteiger charge is -2.33. The monoisotopic (exact) mass is 458 g/mol. The number of benzene rings is 1. The number of aliphatic imine (C=N–C) groups is 1. The van der Waals surface area contributed by atoms with Crippen LogP contribution in [0.2, 0.25) is 0 Å². The Kier molecular flexibility index (Phi) is 9.85. The van der Waals surface area contributed by atoms with Gasteiger partial charge < -0.3 is 15.5 Å².